The molecule has 3 rings (SSSR count). The molecule has 0 spiro atoms. The third kappa shape index (κ3) is 4.47. The summed E-state index contributed by atoms with van der Waals surface area (Å²) in [6.45, 7) is 0.124. The number of sulfonamides is 1. The molecule has 0 saturated heterocycles. The molecule has 0 saturated carbocycles. The van der Waals surface area contributed by atoms with E-state index in [0.29, 0.717) is 17.9 Å². The van der Waals surface area contributed by atoms with Gasteiger partial charge in [-0.15, -0.1) is 13.2 Å². The molecule has 0 aromatic heterocycles. The molecule has 1 aliphatic rings. The Hall–Kier alpha value is -2.75. The molecular formula is C19H18F3NO5S. The number of anilines is 1. The smallest absolute Gasteiger partial charge is 0.497 e. The van der Waals surface area contributed by atoms with E-state index in [9.17, 15) is 26.4 Å². The number of ether oxygens (including phenoxy) is 2. The molecule has 1 heterocycles. The Kier molecular flexibility index (Phi) is 5.74. The van der Waals surface area contributed by atoms with Crippen LogP contribution < -0.4 is 13.8 Å². The second-order valence-electron chi connectivity index (χ2n) is 6.42. The number of rotatable bonds is 7. The van der Waals surface area contributed by atoms with Crippen molar-refractivity contribution in [1.29, 1.82) is 0 Å². The summed E-state index contributed by atoms with van der Waals surface area (Å²) in [4.78, 5) is 10.6. The van der Waals surface area contributed by atoms with Gasteiger partial charge in [0.2, 0.25) is 0 Å². The molecule has 2 aromatic rings. The number of carbonyl (C=O) groups excluding carboxylic acids is 1. The van der Waals surface area contributed by atoms with E-state index in [-0.39, 0.29) is 23.8 Å². The average Bonchev–Trinajstić information content (AvgIpc) is 3.04. The van der Waals surface area contributed by atoms with Crippen LogP contribution in [0.2, 0.25) is 0 Å². The molecule has 1 aliphatic heterocycles. The van der Waals surface area contributed by atoms with Gasteiger partial charge in [-0.05, 0) is 54.4 Å². The van der Waals surface area contributed by atoms with Crippen LogP contribution in [0.15, 0.2) is 47.4 Å². The van der Waals surface area contributed by atoms with Crippen molar-refractivity contribution in [2.75, 3.05) is 18.0 Å². The van der Waals surface area contributed by atoms with E-state index in [1.165, 1.54) is 11.4 Å². The van der Waals surface area contributed by atoms with Gasteiger partial charge in [0, 0.05) is 18.9 Å². The Morgan fingerprint density at radius 3 is 2.38 bits per heavy atom. The third-order valence-electron chi connectivity index (χ3n) is 4.61. The maximum Gasteiger partial charge on any atom is 0.573 e. The topological polar surface area (TPSA) is 72.9 Å². The van der Waals surface area contributed by atoms with Crippen LogP contribution >= 0.6 is 0 Å². The van der Waals surface area contributed by atoms with Crippen molar-refractivity contribution < 1.29 is 35.9 Å². The van der Waals surface area contributed by atoms with E-state index in [4.69, 9.17) is 4.74 Å². The summed E-state index contributed by atoms with van der Waals surface area (Å²) in [7, 11) is -2.53. The van der Waals surface area contributed by atoms with Crippen LogP contribution in [0.4, 0.5) is 18.9 Å². The number of hydrogen-bond donors (Lipinski definition) is 0. The lowest BCUT2D eigenvalue weighted by molar-refractivity contribution is -0.274. The SMILES string of the molecule is COc1ccc2c(c1)C(CCC=O)CN2S(=O)(=O)c1ccc(OC(F)(F)F)cc1. The molecule has 1 unspecified atom stereocenters. The number of methoxy groups -OCH3 is 1. The minimum absolute atomic E-state index is 0.124. The zero-order chi connectivity index (χ0) is 21.2. The number of nitrogens with zero attached hydrogens (tertiary/aromatic N) is 1. The van der Waals surface area contributed by atoms with Crippen LogP contribution in [0, 0.1) is 0 Å². The van der Waals surface area contributed by atoms with Crippen LogP contribution in [0.3, 0.4) is 0 Å². The molecule has 2 aromatic carbocycles. The van der Waals surface area contributed by atoms with Gasteiger partial charge in [-0.2, -0.15) is 0 Å². The Morgan fingerprint density at radius 1 is 1.14 bits per heavy atom. The molecule has 0 aliphatic carbocycles. The molecule has 1 atom stereocenters. The van der Waals surface area contributed by atoms with Gasteiger partial charge in [-0.3, -0.25) is 4.31 Å². The van der Waals surface area contributed by atoms with E-state index in [0.717, 1.165) is 36.1 Å². The van der Waals surface area contributed by atoms with Crippen LogP contribution in [0.25, 0.3) is 0 Å². The first-order valence-corrected chi connectivity index (χ1v) is 10.1. The molecule has 0 amide bonds. The van der Waals surface area contributed by atoms with Gasteiger partial charge in [0.1, 0.15) is 17.8 Å². The molecule has 0 bridgehead atoms. The fourth-order valence-electron chi connectivity index (χ4n) is 3.29. The van der Waals surface area contributed by atoms with Crippen LogP contribution in [0.1, 0.15) is 24.3 Å². The summed E-state index contributed by atoms with van der Waals surface area (Å²) >= 11 is 0. The quantitative estimate of drug-likeness (QED) is 0.625. The summed E-state index contributed by atoms with van der Waals surface area (Å²) in [5.74, 6) is -0.146. The van der Waals surface area contributed by atoms with Crippen molar-refractivity contribution in [3.63, 3.8) is 0 Å². The highest BCUT2D eigenvalue weighted by Crippen LogP contribution is 2.43. The largest absolute Gasteiger partial charge is 0.573 e. The molecule has 156 valence electrons. The van der Waals surface area contributed by atoms with E-state index < -0.39 is 22.1 Å². The van der Waals surface area contributed by atoms with E-state index in [1.807, 2.05) is 0 Å². The molecule has 29 heavy (non-hydrogen) atoms. The summed E-state index contributed by atoms with van der Waals surface area (Å²) in [5, 5.41) is 0. The normalized spacial score (nSPS) is 16.4. The highest BCUT2D eigenvalue weighted by molar-refractivity contribution is 7.92. The van der Waals surface area contributed by atoms with Crippen molar-refractivity contribution >= 4 is 22.0 Å². The minimum atomic E-state index is -4.86. The van der Waals surface area contributed by atoms with Gasteiger partial charge in [-0.1, -0.05) is 0 Å². The maximum absolute atomic E-state index is 13.1. The van der Waals surface area contributed by atoms with Crippen molar-refractivity contribution in [3.05, 3.63) is 48.0 Å². The predicted octanol–water partition coefficient (Wildman–Crippen LogP) is 3.87. The highest BCUT2D eigenvalue weighted by Gasteiger charge is 2.37. The van der Waals surface area contributed by atoms with Gasteiger partial charge in [-0.25, -0.2) is 8.42 Å². The Balaban J connectivity index is 1.94. The molecular weight excluding hydrogens is 411 g/mol. The van der Waals surface area contributed by atoms with Gasteiger partial charge in [0.25, 0.3) is 10.0 Å². The van der Waals surface area contributed by atoms with Gasteiger partial charge < -0.3 is 14.3 Å². The van der Waals surface area contributed by atoms with Crippen molar-refractivity contribution in [2.45, 2.75) is 30.0 Å². The van der Waals surface area contributed by atoms with Crippen LogP contribution in [0.5, 0.6) is 11.5 Å². The number of aldehydes is 1. The lowest BCUT2D eigenvalue weighted by Crippen LogP contribution is -2.30. The average molecular weight is 429 g/mol. The molecule has 0 radical (unpaired) electrons. The summed E-state index contributed by atoms with van der Waals surface area (Å²) in [6, 6.07) is 9.03. The second kappa shape index (κ2) is 7.94. The molecule has 0 N–H and O–H groups in total. The fraction of sp³-hybridized carbons (Fsp3) is 0.316. The first kappa shape index (κ1) is 21.0. The Labute approximate surface area is 165 Å². The second-order valence-corrected chi connectivity index (χ2v) is 8.28. The van der Waals surface area contributed by atoms with Gasteiger partial charge in [0.15, 0.2) is 0 Å². The van der Waals surface area contributed by atoms with Crippen molar-refractivity contribution in [1.82, 2.24) is 0 Å². The van der Waals surface area contributed by atoms with Crippen molar-refractivity contribution in [2.24, 2.45) is 0 Å². The van der Waals surface area contributed by atoms with E-state index >= 15 is 0 Å². The lowest BCUT2D eigenvalue weighted by Gasteiger charge is -2.20. The zero-order valence-electron chi connectivity index (χ0n) is 15.3. The predicted molar refractivity (Wildman–Crippen MR) is 98.7 cm³/mol. The van der Waals surface area contributed by atoms with E-state index in [2.05, 4.69) is 4.74 Å². The molecule has 6 nitrogen and oxygen atoms in total. The lowest BCUT2D eigenvalue weighted by atomic mass is 9.96. The zero-order valence-corrected chi connectivity index (χ0v) is 16.2. The summed E-state index contributed by atoms with van der Waals surface area (Å²) < 4.78 is 73.4. The van der Waals surface area contributed by atoms with Crippen molar-refractivity contribution in [3.8, 4) is 11.5 Å². The first-order valence-electron chi connectivity index (χ1n) is 8.66. The first-order chi connectivity index (χ1) is 13.7. The number of benzene rings is 2. The van der Waals surface area contributed by atoms with Crippen LogP contribution in [-0.2, 0) is 14.8 Å². The number of carbonyl (C=O) groups is 1. The van der Waals surface area contributed by atoms with E-state index in [1.54, 1.807) is 18.2 Å². The number of halogens is 3. The van der Waals surface area contributed by atoms with Gasteiger partial charge in [0.05, 0.1) is 17.7 Å². The third-order valence-corrected chi connectivity index (χ3v) is 6.40. The number of alkyl halides is 3. The summed E-state index contributed by atoms with van der Waals surface area (Å²) in [6.07, 6.45) is -3.34. The number of fused-ring (bicyclic) bond motifs is 1. The Bertz CT molecular complexity index is 990. The molecule has 0 fully saturated rings. The minimum Gasteiger partial charge on any atom is -0.497 e. The Morgan fingerprint density at radius 2 is 1.79 bits per heavy atom. The molecule has 10 heteroatoms. The summed E-state index contributed by atoms with van der Waals surface area (Å²) in [5.41, 5.74) is 1.20. The fourth-order valence-corrected chi connectivity index (χ4v) is 4.83. The van der Waals surface area contributed by atoms with Crippen LogP contribution in [-0.4, -0.2) is 34.7 Å². The van der Waals surface area contributed by atoms with Gasteiger partial charge >= 0.3 is 6.36 Å². The number of hydrogen-bond acceptors (Lipinski definition) is 5. The maximum atomic E-state index is 13.1. The highest BCUT2D eigenvalue weighted by atomic mass is 32.2. The standard InChI is InChI=1S/C19H18F3NO5S/c1-27-15-6-9-18-17(11-15)13(3-2-10-24)12-23(18)29(25,26)16-7-4-14(5-8-16)28-19(20,21)22/h4-11,13H,2-3,12H2,1H3. The monoisotopic (exact) mass is 429 g/mol.